The summed E-state index contributed by atoms with van der Waals surface area (Å²) >= 11 is 0. The van der Waals surface area contributed by atoms with Crippen molar-refractivity contribution in [3.05, 3.63) is 103 Å². The van der Waals surface area contributed by atoms with Gasteiger partial charge >= 0.3 is 6.01 Å². The maximum Gasteiger partial charge on any atom is 0.322 e. The molecule has 0 spiro atoms. The highest BCUT2D eigenvalue weighted by Gasteiger charge is 2.14. The number of furan rings is 1. The zero-order chi connectivity index (χ0) is 21.0. The molecule has 0 saturated heterocycles. The van der Waals surface area contributed by atoms with E-state index in [0.29, 0.717) is 11.3 Å². The number of anilines is 1. The van der Waals surface area contributed by atoms with E-state index in [9.17, 15) is 4.79 Å². The molecule has 0 fully saturated rings. The van der Waals surface area contributed by atoms with Crippen molar-refractivity contribution in [1.82, 2.24) is 10.2 Å². The summed E-state index contributed by atoms with van der Waals surface area (Å²) < 4.78 is 10.7. The molecule has 6 heteroatoms. The first kappa shape index (κ1) is 18.6. The Bertz CT molecular complexity index is 1310. The van der Waals surface area contributed by atoms with Gasteiger partial charge in [0.25, 0.3) is 11.8 Å². The number of nitrogens with one attached hydrogen (secondary N) is 1. The molecule has 0 aliphatic carbocycles. The Hall–Kier alpha value is -4.45. The molecule has 0 aliphatic heterocycles. The van der Waals surface area contributed by atoms with E-state index in [1.807, 2.05) is 48.5 Å². The lowest BCUT2D eigenvalue weighted by Crippen LogP contribution is -2.12. The van der Waals surface area contributed by atoms with Crippen LogP contribution < -0.4 is 5.32 Å². The zero-order valence-corrected chi connectivity index (χ0v) is 16.4. The maximum atomic E-state index is 12.7. The van der Waals surface area contributed by atoms with Gasteiger partial charge in [-0.1, -0.05) is 71.8 Å². The van der Waals surface area contributed by atoms with Crippen LogP contribution in [-0.2, 0) is 0 Å². The van der Waals surface area contributed by atoms with Crippen LogP contribution in [-0.4, -0.2) is 16.1 Å². The van der Waals surface area contributed by atoms with Gasteiger partial charge in [-0.2, -0.15) is 0 Å². The molecule has 0 saturated carbocycles. The smallest absolute Gasteiger partial charge is 0.322 e. The quantitative estimate of drug-likeness (QED) is 0.391. The van der Waals surface area contributed by atoms with Crippen LogP contribution in [0.25, 0.3) is 33.9 Å². The summed E-state index contributed by atoms with van der Waals surface area (Å²) in [6.45, 7) is 0. The standard InChI is InChI=1S/C25H17N3O3/c29-23(26-25-28-27-24(31-25)22-10-5-15-30-22)21-9-4-8-20(16-21)19-13-11-18(12-14-19)17-6-2-1-3-7-17/h1-16H,(H,26,28,29). The molecule has 5 aromatic rings. The normalized spacial score (nSPS) is 10.7. The van der Waals surface area contributed by atoms with Crippen LogP contribution in [0, 0.1) is 0 Å². The number of hydrogen-bond donors (Lipinski definition) is 1. The van der Waals surface area contributed by atoms with Gasteiger partial charge in [-0.15, -0.1) is 5.10 Å². The van der Waals surface area contributed by atoms with Crippen LogP contribution in [0.5, 0.6) is 0 Å². The number of nitrogens with zero attached hydrogens (tertiary/aromatic N) is 2. The minimum Gasteiger partial charge on any atom is -0.459 e. The van der Waals surface area contributed by atoms with E-state index in [0.717, 1.165) is 22.3 Å². The van der Waals surface area contributed by atoms with Gasteiger partial charge in [0.2, 0.25) is 0 Å². The molecule has 6 nitrogen and oxygen atoms in total. The Morgan fingerprint density at radius 2 is 1.42 bits per heavy atom. The Morgan fingerprint density at radius 1 is 0.710 bits per heavy atom. The van der Waals surface area contributed by atoms with Crippen LogP contribution in [0.3, 0.4) is 0 Å². The van der Waals surface area contributed by atoms with Crippen molar-refractivity contribution >= 4 is 11.9 Å². The summed E-state index contributed by atoms with van der Waals surface area (Å²) in [5.74, 6) is 0.305. The number of hydrogen-bond acceptors (Lipinski definition) is 5. The lowest BCUT2D eigenvalue weighted by molar-refractivity contribution is 0.102. The second kappa shape index (κ2) is 8.12. The molecule has 5 rings (SSSR count). The summed E-state index contributed by atoms with van der Waals surface area (Å²) in [6, 6.07) is 29.3. The predicted molar refractivity (Wildman–Crippen MR) is 117 cm³/mol. The van der Waals surface area contributed by atoms with Crippen molar-refractivity contribution in [2.45, 2.75) is 0 Å². The Labute approximate surface area is 178 Å². The molecule has 0 unspecified atom stereocenters. The molecule has 2 heterocycles. The number of amides is 1. The first-order valence-corrected chi connectivity index (χ1v) is 9.71. The predicted octanol–water partition coefficient (Wildman–Crippen LogP) is 5.92. The van der Waals surface area contributed by atoms with E-state index in [4.69, 9.17) is 8.83 Å². The van der Waals surface area contributed by atoms with Gasteiger partial charge in [-0.3, -0.25) is 10.1 Å². The topological polar surface area (TPSA) is 81.2 Å². The van der Waals surface area contributed by atoms with E-state index < -0.39 is 0 Å². The number of benzene rings is 3. The number of carbonyl (C=O) groups excluding carboxylic acids is 1. The van der Waals surface area contributed by atoms with Crippen LogP contribution >= 0.6 is 0 Å². The van der Waals surface area contributed by atoms with Gasteiger partial charge in [0.1, 0.15) is 0 Å². The van der Waals surface area contributed by atoms with Gasteiger partial charge < -0.3 is 8.83 Å². The SMILES string of the molecule is O=C(Nc1nnc(-c2ccco2)o1)c1cccc(-c2ccc(-c3ccccc3)cc2)c1. The molecule has 0 bridgehead atoms. The van der Waals surface area contributed by atoms with Gasteiger partial charge in [0.05, 0.1) is 6.26 Å². The molecular weight excluding hydrogens is 390 g/mol. The number of carbonyl (C=O) groups is 1. The molecule has 31 heavy (non-hydrogen) atoms. The second-order valence-electron chi connectivity index (χ2n) is 6.87. The summed E-state index contributed by atoms with van der Waals surface area (Å²) in [5, 5.41) is 10.4. The first-order valence-electron chi connectivity index (χ1n) is 9.71. The summed E-state index contributed by atoms with van der Waals surface area (Å²) in [7, 11) is 0. The van der Waals surface area contributed by atoms with Crippen molar-refractivity contribution in [2.24, 2.45) is 0 Å². The molecule has 0 radical (unpaired) electrons. The molecule has 3 aromatic carbocycles. The Kier molecular flexibility index (Phi) is 4.86. The highest BCUT2D eigenvalue weighted by atomic mass is 16.4. The molecule has 150 valence electrons. The van der Waals surface area contributed by atoms with Crippen LogP contribution in [0.2, 0.25) is 0 Å². The summed E-state index contributed by atoms with van der Waals surface area (Å²) in [6.07, 6.45) is 1.51. The molecule has 1 N–H and O–H groups in total. The third kappa shape index (κ3) is 4.00. The Morgan fingerprint density at radius 3 is 2.16 bits per heavy atom. The monoisotopic (exact) mass is 407 g/mol. The van der Waals surface area contributed by atoms with Crippen molar-refractivity contribution in [2.75, 3.05) is 5.32 Å². The molecule has 0 aliphatic rings. The van der Waals surface area contributed by atoms with E-state index in [1.165, 1.54) is 6.26 Å². The highest BCUT2D eigenvalue weighted by molar-refractivity contribution is 6.03. The van der Waals surface area contributed by atoms with Crippen LogP contribution in [0.4, 0.5) is 6.01 Å². The number of rotatable bonds is 5. The van der Waals surface area contributed by atoms with Crippen molar-refractivity contribution in [3.63, 3.8) is 0 Å². The van der Waals surface area contributed by atoms with Crippen molar-refractivity contribution < 1.29 is 13.6 Å². The largest absolute Gasteiger partial charge is 0.459 e. The summed E-state index contributed by atoms with van der Waals surface area (Å²) in [4.78, 5) is 12.7. The lowest BCUT2D eigenvalue weighted by atomic mass is 9.99. The first-order chi connectivity index (χ1) is 15.3. The zero-order valence-electron chi connectivity index (χ0n) is 16.4. The molecular formula is C25H17N3O3. The summed E-state index contributed by atoms with van der Waals surface area (Å²) in [5.41, 5.74) is 4.75. The third-order valence-electron chi connectivity index (χ3n) is 4.83. The van der Waals surface area contributed by atoms with E-state index in [1.54, 1.807) is 18.2 Å². The fraction of sp³-hybridized carbons (Fsp3) is 0. The maximum absolute atomic E-state index is 12.7. The average Bonchev–Trinajstić information content (AvgIpc) is 3.52. The minimum atomic E-state index is -0.336. The fourth-order valence-corrected chi connectivity index (χ4v) is 3.27. The molecule has 0 atom stereocenters. The van der Waals surface area contributed by atoms with E-state index in [2.05, 4.69) is 39.8 Å². The lowest BCUT2D eigenvalue weighted by Gasteiger charge is -2.07. The van der Waals surface area contributed by atoms with Crippen LogP contribution in [0.1, 0.15) is 10.4 Å². The fourth-order valence-electron chi connectivity index (χ4n) is 3.27. The molecule has 2 aromatic heterocycles. The average molecular weight is 407 g/mol. The highest BCUT2D eigenvalue weighted by Crippen LogP contribution is 2.26. The molecule has 1 amide bonds. The van der Waals surface area contributed by atoms with Gasteiger partial charge in [-0.05, 0) is 46.5 Å². The third-order valence-corrected chi connectivity index (χ3v) is 4.83. The minimum absolute atomic E-state index is 0.00835. The van der Waals surface area contributed by atoms with E-state index >= 15 is 0 Å². The van der Waals surface area contributed by atoms with Crippen molar-refractivity contribution in [3.8, 4) is 33.9 Å². The second-order valence-corrected chi connectivity index (χ2v) is 6.87. The van der Waals surface area contributed by atoms with Crippen molar-refractivity contribution in [1.29, 1.82) is 0 Å². The van der Waals surface area contributed by atoms with Gasteiger partial charge in [-0.25, -0.2) is 0 Å². The van der Waals surface area contributed by atoms with Gasteiger partial charge in [0, 0.05) is 5.56 Å². The van der Waals surface area contributed by atoms with Crippen LogP contribution in [0.15, 0.2) is 106 Å². The van der Waals surface area contributed by atoms with Gasteiger partial charge in [0.15, 0.2) is 5.76 Å². The van der Waals surface area contributed by atoms with E-state index in [-0.39, 0.29) is 17.8 Å². The number of aromatic nitrogens is 2. The Balaban J connectivity index is 1.33.